The normalized spacial score (nSPS) is 10.6. The molecular formula is C21H19N4NaS. The summed E-state index contributed by atoms with van der Waals surface area (Å²) >= 11 is 1.61. The molecule has 0 unspecified atom stereocenters. The van der Waals surface area contributed by atoms with Crippen LogP contribution in [0.15, 0.2) is 48.5 Å². The van der Waals surface area contributed by atoms with E-state index in [1.54, 1.807) is 17.4 Å². The van der Waals surface area contributed by atoms with Gasteiger partial charge in [0.15, 0.2) is 5.13 Å². The van der Waals surface area contributed by atoms with E-state index >= 15 is 0 Å². The van der Waals surface area contributed by atoms with Crippen molar-refractivity contribution in [2.45, 2.75) is 13.8 Å². The maximum Gasteiger partial charge on any atom is 1.00 e. The van der Waals surface area contributed by atoms with Crippen molar-refractivity contribution in [3.05, 3.63) is 65.7 Å². The van der Waals surface area contributed by atoms with E-state index in [4.69, 9.17) is 16.5 Å². The minimum absolute atomic E-state index is 0. The Hall–Kier alpha value is -2.05. The molecule has 27 heavy (non-hydrogen) atoms. The van der Waals surface area contributed by atoms with Crippen LogP contribution in [0.4, 0.5) is 22.2 Å². The van der Waals surface area contributed by atoms with Crippen molar-refractivity contribution in [3.63, 3.8) is 0 Å². The number of hydrogen-bond donors (Lipinski definition) is 3. The Balaban J connectivity index is 0.00000210. The van der Waals surface area contributed by atoms with Crippen LogP contribution in [0.25, 0.3) is 21.3 Å². The van der Waals surface area contributed by atoms with Gasteiger partial charge in [-0.2, -0.15) is 0 Å². The zero-order chi connectivity index (χ0) is 18.3. The zero-order valence-electron chi connectivity index (χ0n) is 15.6. The number of nitrogens with zero attached hydrogens (tertiary/aromatic N) is 1. The first-order valence-corrected chi connectivity index (χ1v) is 9.14. The Bertz CT molecular complexity index is 1100. The third-order valence-corrected chi connectivity index (χ3v) is 5.32. The molecule has 4 rings (SSSR count). The molecule has 0 bridgehead atoms. The van der Waals surface area contributed by atoms with Crippen molar-refractivity contribution in [3.8, 4) is 11.1 Å². The van der Waals surface area contributed by atoms with E-state index in [0.29, 0.717) is 11.4 Å². The first-order valence-electron chi connectivity index (χ1n) is 8.33. The number of rotatable bonds is 3. The SMILES string of the molecule is Cc1cc(N)c[c-]c1-c1cccc2sc(Nc3c(C)cccc3N)nc12.[Na+]. The van der Waals surface area contributed by atoms with Gasteiger partial charge in [0.25, 0.3) is 0 Å². The molecule has 0 atom stereocenters. The second kappa shape index (κ2) is 7.90. The number of nitrogen functional groups attached to an aromatic ring is 2. The molecule has 0 aliphatic heterocycles. The molecule has 0 aliphatic rings. The summed E-state index contributed by atoms with van der Waals surface area (Å²) in [6, 6.07) is 19.1. The summed E-state index contributed by atoms with van der Waals surface area (Å²) in [4.78, 5) is 4.83. The van der Waals surface area contributed by atoms with E-state index in [9.17, 15) is 0 Å². The second-order valence-corrected chi connectivity index (χ2v) is 7.36. The molecule has 3 aromatic carbocycles. The Morgan fingerprint density at radius 3 is 2.56 bits per heavy atom. The maximum absolute atomic E-state index is 6.12. The molecule has 0 amide bonds. The number of benzene rings is 3. The fraction of sp³-hybridized carbons (Fsp3) is 0.0952. The molecule has 130 valence electrons. The van der Waals surface area contributed by atoms with Crippen LogP contribution >= 0.6 is 11.3 Å². The van der Waals surface area contributed by atoms with Gasteiger partial charge in [-0.15, -0.1) is 29.3 Å². The van der Waals surface area contributed by atoms with Crippen LogP contribution in [0.5, 0.6) is 0 Å². The van der Waals surface area contributed by atoms with Gasteiger partial charge in [-0.05, 0) is 24.6 Å². The van der Waals surface area contributed by atoms with Crippen LogP contribution in [-0.2, 0) is 0 Å². The Morgan fingerprint density at radius 2 is 1.81 bits per heavy atom. The Kier molecular flexibility index (Phi) is 5.77. The number of nitrogens with two attached hydrogens (primary N) is 2. The average molecular weight is 382 g/mol. The van der Waals surface area contributed by atoms with E-state index in [0.717, 1.165) is 43.3 Å². The summed E-state index contributed by atoms with van der Waals surface area (Å²) in [7, 11) is 0. The van der Waals surface area contributed by atoms with Crippen LogP contribution < -0.4 is 46.3 Å². The number of para-hydroxylation sites is 2. The summed E-state index contributed by atoms with van der Waals surface area (Å²) in [6.07, 6.45) is 0. The minimum Gasteiger partial charge on any atom is -0.436 e. The van der Waals surface area contributed by atoms with Crippen molar-refractivity contribution in [1.29, 1.82) is 0 Å². The third-order valence-electron chi connectivity index (χ3n) is 4.39. The van der Waals surface area contributed by atoms with Crippen LogP contribution in [0, 0.1) is 19.9 Å². The molecule has 1 heterocycles. The summed E-state index contributed by atoms with van der Waals surface area (Å²) in [5, 5.41) is 4.21. The average Bonchev–Trinajstić information content (AvgIpc) is 3.01. The fourth-order valence-corrected chi connectivity index (χ4v) is 3.99. The van der Waals surface area contributed by atoms with Crippen LogP contribution in [0.3, 0.4) is 0 Å². The number of nitrogens with one attached hydrogen (secondary N) is 1. The van der Waals surface area contributed by atoms with Gasteiger partial charge in [0.05, 0.1) is 16.9 Å². The molecule has 4 nitrogen and oxygen atoms in total. The second-order valence-electron chi connectivity index (χ2n) is 6.33. The van der Waals surface area contributed by atoms with Crippen LogP contribution in [0.1, 0.15) is 11.1 Å². The van der Waals surface area contributed by atoms with Crippen molar-refractivity contribution in [2.75, 3.05) is 16.8 Å². The van der Waals surface area contributed by atoms with Crippen molar-refractivity contribution in [2.24, 2.45) is 0 Å². The van der Waals surface area contributed by atoms with Gasteiger partial charge in [0.1, 0.15) is 0 Å². The standard InChI is InChI=1S/C21H19N4S.Na/c1-12-5-3-7-17(23)19(12)24-21-25-20-16(6-4-8-18(20)26-21)15-10-9-14(22)11-13(15)2;/h3-9,11H,22-23H2,1-2H3,(H,24,25);/q-1;+1. The van der Waals surface area contributed by atoms with Gasteiger partial charge in [0.2, 0.25) is 0 Å². The number of aryl methyl sites for hydroxylation is 2. The van der Waals surface area contributed by atoms with E-state index < -0.39 is 0 Å². The van der Waals surface area contributed by atoms with Crippen molar-refractivity contribution in [1.82, 2.24) is 4.98 Å². The molecule has 4 aromatic rings. The maximum atomic E-state index is 6.12. The van der Waals surface area contributed by atoms with E-state index in [1.807, 2.05) is 44.2 Å². The Labute approximate surface area is 184 Å². The first-order chi connectivity index (χ1) is 12.5. The van der Waals surface area contributed by atoms with Gasteiger partial charge in [0, 0.05) is 4.70 Å². The smallest absolute Gasteiger partial charge is 0.436 e. The van der Waals surface area contributed by atoms with Gasteiger partial charge >= 0.3 is 29.6 Å². The van der Waals surface area contributed by atoms with Gasteiger partial charge < -0.3 is 16.8 Å². The van der Waals surface area contributed by atoms with E-state index in [2.05, 4.69) is 23.5 Å². The molecule has 5 N–H and O–H groups in total. The zero-order valence-corrected chi connectivity index (χ0v) is 18.4. The fourth-order valence-electron chi connectivity index (χ4n) is 3.10. The monoisotopic (exact) mass is 382 g/mol. The molecule has 0 spiro atoms. The summed E-state index contributed by atoms with van der Waals surface area (Å²) in [5.41, 5.74) is 19.5. The number of hydrogen-bond acceptors (Lipinski definition) is 5. The molecule has 0 aliphatic carbocycles. The van der Waals surface area contributed by atoms with Crippen LogP contribution in [0.2, 0.25) is 0 Å². The molecule has 0 fully saturated rings. The molecule has 0 saturated carbocycles. The van der Waals surface area contributed by atoms with Crippen molar-refractivity contribution < 1.29 is 29.6 Å². The largest absolute Gasteiger partial charge is 1.00 e. The number of aromatic nitrogens is 1. The Morgan fingerprint density at radius 1 is 1.04 bits per heavy atom. The predicted octanol–water partition coefficient (Wildman–Crippen LogP) is 2.29. The minimum atomic E-state index is 0. The summed E-state index contributed by atoms with van der Waals surface area (Å²) < 4.78 is 1.11. The number of anilines is 4. The molecule has 1 aromatic heterocycles. The number of thiazole rings is 1. The predicted molar refractivity (Wildman–Crippen MR) is 112 cm³/mol. The first kappa shape index (κ1) is 19.7. The third kappa shape index (κ3) is 3.82. The van der Waals surface area contributed by atoms with Crippen LogP contribution in [-0.4, -0.2) is 4.98 Å². The van der Waals surface area contributed by atoms with Gasteiger partial charge in [-0.25, -0.2) is 4.98 Å². The molecule has 0 radical (unpaired) electrons. The number of fused-ring (bicyclic) bond motifs is 1. The topological polar surface area (TPSA) is 77.0 Å². The van der Waals surface area contributed by atoms with E-state index in [1.165, 1.54) is 0 Å². The van der Waals surface area contributed by atoms with Gasteiger partial charge in [-0.1, -0.05) is 53.8 Å². The van der Waals surface area contributed by atoms with Gasteiger partial charge in [-0.3, -0.25) is 0 Å². The molecule has 0 saturated heterocycles. The summed E-state index contributed by atoms with van der Waals surface area (Å²) in [5.74, 6) is 0. The molecular weight excluding hydrogens is 363 g/mol. The molecule has 6 heteroatoms. The van der Waals surface area contributed by atoms with Crippen molar-refractivity contribution >= 4 is 43.7 Å². The summed E-state index contributed by atoms with van der Waals surface area (Å²) in [6.45, 7) is 4.07. The quantitative estimate of drug-likeness (QED) is 0.289. The van der Waals surface area contributed by atoms with E-state index in [-0.39, 0.29) is 29.6 Å².